The molecule has 0 unspecified atom stereocenters. The van der Waals surface area contributed by atoms with Crippen molar-refractivity contribution < 1.29 is 9.21 Å². The topological polar surface area (TPSA) is 106 Å². The molecule has 3 aromatic heterocycles. The van der Waals surface area contributed by atoms with Gasteiger partial charge in [-0.25, -0.2) is 4.98 Å². The Morgan fingerprint density at radius 1 is 1.36 bits per heavy atom. The average Bonchev–Trinajstić information content (AvgIpc) is 3.21. The van der Waals surface area contributed by atoms with Gasteiger partial charge in [0.1, 0.15) is 11.5 Å². The summed E-state index contributed by atoms with van der Waals surface area (Å²) in [5, 5.41) is 7.22. The maximum absolute atomic E-state index is 12.1. The Labute approximate surface area is 143 Å². The van der Waals surface area contributed by atoms with E-state index < -0.39 is 0 Å². The molecule has 8 nitrogen and oxygen atoms in total. The first-order chi connectivity index (χ1) is 11.9. The summed E-state index contributed by atoms with van der Waals surface area (Å²) < 4.78 is 6.76. The number of H-pyrrole nitrogens is 1. The highest BCUT2D eigenvalue weighted by atomic mass is 16.3. The summed E-state index contributed by atoms with van der Waals surface area (Å²) in [5.74, 6) is 0.798. The second kappa shape index (κ2) is 6.39. The van der Waals surface area contributed by atoms with Gasteiger partial charge in [-0.1, -0.05) is 13.8 Å². The van der Waals surface area contributed by atoms with E-state index in [-0.39, 0.29) is 23.3 Å². The predicted octanol–water partition coefficient (Wildman–Crippen LogP) is 2.43. The normalized spacial score (nSPS) is 11.1. The van der Waals surface area contributed by atoms with Crippen LogP contribution in [0.15, 0.2) is 33.7 Å². The number of carbonyl (C=O) groups is 1. The van der Waals surface area contributed by atoms with Crippen LogP contribution in [0.5, 0.6) is 0 Å². The van der Waals surface area contributed by atoms with Crippen molar-refractivity contribution in [3.8, 4) is 17.4 Å². The number of rotatable bonds is 4. The van der Waals surface area contributed by atoms with Crippen LogP contribution in [-0.4, -0.2) is 25.7 Å². The zero-order valence-electron chi connectivity index (χ0n) is 14.5. The Kier molecular flexibility index (Phi) is 4.26. The van der Waals surface area contributed by atoms with Crippen molar-refractivity contribution in [1.29, 1.82) is 0 Å². The number of hydrogen-bond donors (Lipinski definition) is 2. The molecule has 130 valence electrons. The van der Waals surface area contributed by atoms with Crippen LogP contribution in [0.3, 0.4) is 0 Å². The van der Waals surface area contributed by atoms with Gasteiger partial charge in [0.2, 0.25) is 11.9 Å². The zero-order chi connectivity index (χ0) is 18.1. The van der Waals surface area contributed by atoms with Crippen LogP contribution in [0.25, 0.3) is 17.4 Å². The van der Waals surface area contributed by atoms with Crippen molar-refractivity contribution in [3.63, 3.8) is 0 Å². The number of furan rings is 1. The van der Waals surface area contributed by atoms with Gasteiger partial charge in [-0.2, -0.15) is 9.78 Å². The molecule has 0 bridgehead atoms. The standard InChI is InChI=1S/C17H19N5O3/c1-9(2)15(23)19-14-8-12(13-6-5-7-25-13)21-22(14)17-18-11(4)10(3)16(24)20-17/h5-9H,1-4H3,(H,19,23)(H,18,20,24). The van der Waals surface area contributed by atoms with Crippen LogP contribution in [0.4, 0.5) is 5.82 Å². The Hall–Kier alpha value is -3.16. The highest BCUT2D eigenvalue weighted by Crippen LogP contribution is 2.24. The van der Waals surface area contributed by atoms with E-state index in [0.717, 1.165) is 0 Å². The van der Waals surface area contributed by atoms with Gasteiger partial charge < -0.3 is 9.73 Å². The molecule has 3 heterocycles. The maximum atomic E-state index is 12.1. The average molecular weight is 341 g/mol. The van der Waals surface area contributed by atoms with Crippen molar-refractivity contribution in [2.24, 2.45) is 5.92 Å². The molecule has 0 fully saturated rings. The first-order valence-corrected chi connectivity index (χ1v) is 7.89. The molecule has 0 aliphatic heterocycles. The molecular formula is C17H19N5O3. The minimum atomic E-state index is -0.251. The van der Waals surface area contributed by atoms with Gasteiger partial charge in [-0.15, -0.1) is 0 Å². The van der Waals surface area contributed by atoms with Gasteiger partial charge in [-0.05, 0) is 26.0 Å². The van der Waals surface area contributed by atoms with Gasteiger partial charge in [0.15, 0.2) is 5.76 Å². The maximum Gasteiger partial charge on any atom is 0.255 e. The van der Waals surface area contributed by atoms with Crippen LogP contribution in [-0.2, 0) is 4.79 Å². The summed E-state index contributed by atoms with van der Waals surface area (Å²) in [4.78, 5) is 31.2. The highest BCUT2D eigenvalue weighted by molar-refractivity contribution is 5.92. The molecule has 0 atom stereocenters. The molecule has 2 N–H and O–H groups in total. The number of hydrogen-bond acceptors (Lipinski definition) is 5. The molecule has 0 saturated carbocycles. The number of nitrogens with one attached hydrogen (secondary N) is 2. The highest BCUT2D eigenvalue weighted by Gasteiger charge is 2.18. The van der Waals surface area contributed by atoms with E-state index in [2.05, 4.69) is 20.4 Å². The Balaban J connectivity index is 2.13. The van der Waals surface area contributed by atoms with Gasteiger partial charge in [0, 0.05) is 23.2 Å². The van der Waals surface area contributed by atoms with Gasteiger partial charge in [0.05, 0.1) is 6.26 Å². The summed E-state index contributed by atoms with van der Waals surface area (Å²) in [6.07, 6.45) is 1.54. The molecule has 3 aromatic rings. The fourth-order valence-corrected chi connectivity index (χ4v) is 2.18. The largest absolute Gasteiger partial charge is 0.463 e. The molecular weight excluding hydrogens is 322 g/mol. The van der Waals surface area contributed by atoms with Gasteiger partial charge in [0.25, 0.3) is 5.56 Å². The summed E-state index contributed by atoms with van der Waals surface area (Å²) in [6.45, 7) is 7.03. The van der Waals surface area contributed by atoms with Crippen molar-refractivity contribution >= 4 is 11.7 Å². The molecule has 0 spiro atoms. The molecule has 0 aliphatic carbocycles. The first-order valence-electron chi connectivity index (χ1n) is 7.89. The van der Waals surface area contributed by atoms with Crippen molar-refractivity contribution in [2.45, 2.75) is 27.7 Å². The zero-order valence-corrected chi connectivity index (χ0v) is 14.5. The van der Waals surface area contributed by atoms with Crippen molar-refractivity contribution in [2.75, 3.05) is 5.32 Å². The lowest BCUT2D eigenvalue weighted by Crippen LogP contribution is -2.22. The van der Waals surface area contributed by atoms with Crippen LogP contribution in [0, 0.1) is 19.8 Å². The van der Waals surface area contributed by atoms with E-state index in [1.54, 1.807) is 45.9 Å². The lowest BCUT2D eigenvalue weighted by molar-refractivity contribution is -0.118. The summed E-state index contributed by atoms with van der Waals surface area (Å²) in [5.41, 5.74) is 1.40. The third kappa shape index (κ3) is 3.23. The lowest BCUT2D eigenvalue weighted by atomic mass is 10.2. The van der Waals surface area contributed by atoms with Gasteiger partial charge >= 0.3 is 0 Å². The SMILES string of the molecule is Cc1nc(-n2nc(-c3ccco3)cc2NC(=O)C(C)C)[nH]c(=O)c1C. The molecule has 8 heteroatoms. The van der Waals surface area contributed by atoms with Crippen molar-refractivity contribution in [1.82, 2.24) is 19.7 Å². The number of aromatic amines is 1. The predicted molar refractivity (Wildman–Crippen MR) is 92.6 cm³/mol. The van der Waals surface area contributed by atoms with Crippen molar-refractivity contribution in [3.05, 3.63) is 46.1 Å². The summed E-state index contributed by atoms with van der Waals surface area (Å²) in [6, 6.07) is 5.18. The first kappa shape index (κ1) is 16.7. The molecule has 1 amide bonds. The summed E-state index contributed by atoms with van der Waals surface area (Å²) in [7, 11) is 0. The minimum absolute atomic E-state index is 0.168. The molecule has 0 aromatic carbocycles. The summed E-state index contributed by atoms with van der Waals surface area (Å²) >= 11 is 0. The Bertz CT molecular complexity index is 967. The second-order valence-corrected chi connectivity index (χ2v) is 6.05. The lowest BCUT2D eigenvalue weighted by Gasteiger charge is -2.10. The van der Waals surface area contributed by atoms with E-state index >= 15 is 0 Å². The Morgan fingerprint density at radius 2 is 2.12 bits per heavy atom. The second-order valence-electron chi connectivity index (χ2n) is 6.05. The number of amides is 1. The smallest absolute Gasteiger partial charge is 0.255 e. The van der Waals surface area contributed by atoms with E-state index in [9.17, 15) is 9.59 Å². The van der Waals surface area contributed by atoms with Crippen LogP contribution in [0.2, 0.25) is 0 Å². The fraction of sp³-hybridized carbons (Fsp3) is 0.294. The quantitative estimate of drug-likeness (QED) is 0.758. The van der Waals surface area contributed by atoms with Crippen LogP contribution in [0.1, 0.15) is 25.1 Å². The van der Waals surface area contributed by atoms with Crippen LogP contribution < -0.4 is 10.9 Å². The fourth-order valence-electron chi connectivity index (χ4n) is 2.18. The molecule has 0 aliphatic rings. The van der Waals surface area contributed by atoms with E-state index in [1.807, 2.05) is 0 Å². The number of nitrogens with zero attached hydrogens (tertiary/aromatic N) is 3. The van der Waals surface area contributed by atoms with E-state index in [4.69, 9.17) is 4.42 Å². The minimum Gasteiger partial charge on any atom is -0.463 e. The van der Waals surface area contributed by atoms with E-state index in [1.165, 1.54) is 10.9 Å². The molecule has 0 saturated heterocycles. The van der Waals surface area contributed by atoms with E-state index in [0.29, 0.717) is 28.5 Å². The molecule has 0 radical (unpaired) electrons. The Morgan fingerprint density at radius 3 is 2.72 bits per heavy atom. The third-order valence-corrected chi connectivity index (χ3v) is 3.84. The third-order valence-electron chi connectivity index (χ3n) is 3.84. The number of carbonyl (C=O) groups excluding carboxylic acids is 1. The number of aryl methyl sites for hydroxylation is 1. The molecule has 3 rings (SSSR count). The number of aromatic nitrogens is 4. The number of anilines is 1. The van der Waals surface area contributed by atoms with Gasteiger partial charge in [-0.3, -0.25) is 14.6 Å². The molecule has 25 heavy (non-hydrogen) atoms. The van der Waals surface area contributed by atoms with Crippen LogP contribution >= 0.6 is 0 Å². The monoisotopic (exact) mass is 341 g/mol.